The normalized spacial score (nSPS) is 31.3. The molecule has 1 N–H and O–H groups in total. The lowest BCUT2D eigenvalue weighted by atomic mass is 9.89. The summed E-state index contributed by atoms with van der Waals surface area (Å²) in [4.78, 5) is 0. The van der Waals surface area contributed by atoms with Crippen molar-refractivity contribution in [1.29, 1.82) is 5.26 Å². The van der Waals surface area contributed by atoms with Gasteiger partial charge in [0.1, 0.15) is 0 Å². The summed E-state index contributed by atoms with van der Waals surface area (Å²) in [7, 11) is 0. The van der Waals surface area contributed by atoms with Crippen molar-refractivity contribution >= 4 is 5.71 Å². The molecule has 0 radical (unpaired) electrons. The van der Waals surface area contributed by atoms with E-state index in [2.05, 4.69) is 16.6 Å². The lowest BCUT2D eigenvalue weighted by Crippen LogP contribution is -2.18. The molecular weight excluding hydrogens is 162 g/mol. The molecule has 2 fully saturated rings. The zero-order valence-corrected chi connectivity index (χ0v) is 7.79. The highest BCUT2D eigenvalue weighted by Crippen LogP contribution is 2.22. The van der Waals surface area contributed by atoms with Crippen LogP contribution in [0.25, 0.3) is 0 Å². The fourth-order valence-corrected chi connectivity index (χ4v) is 1.65. The molecule has 13 heavy (non-hydrogen) atoms. The number of nitrogens with one attached hydrogen (secondary N) is 1. The van der Waals surface area contributed by atoms with Gasteiger partial charge in [-0.25, -0.2) is 0 Å². The van der Waals surface area contributed by atoms with Crippen molar-refractivity contribution in [1.82, 2.24) is 5.43 Å². The first kappa shape index (κ1) is 8.55. The van der Waals surface area contributed by atoms with Crippen molar-refractivity contribution in [2.75, 3.05) is 0 Å². The van der Waals surface area contributed by atoms with Gasteiger partial charge in [0.25, 0.3) is 0 Å². The Morgan fingerprint density at radius 3 is 2.92 bits per heavy atom. The number of rotatable bonds is 2. The van der Waals surface area contributed by atoms with Gasteiger partial charge < -0.3 is 5.43 Å². The molecule has 0 aromatic carbocycles. The predicted molar refractivity (Wildman–Crippen MR) is 51.2 cm³/mol. The summed E-state index contributed by atoms with van der Waals surface area (Å²) in [5.74, 6) is 0.216. The fourth-order valence-electron chi connectivity index (χ4n) is 1.65. The Kier molecular flexibility index (Phi) is 2.49. The van der Waals surface area contributed by atoms with Gasteiger partial charge in [0.15, 0.2) is 0 Å². The van der Waals surface area contributed by atoms with Crippen molar-refractivity contribution in [3.63, 3.8) is 0 Å². The molecule has 2 saturated carbocycles. The van der Waals surface area contributed by atoms with Gasteiger partial charge in [-0.2, -0.15) is 10.4 Å². The molecule has 2 aliphatic carbocycles. The minimum Gasteiger partial charge on any atom is -0.307 e. The van der Waals surface area contributed by atoms with Crippen molar-refractivity contribution < 1.29 is 0 Å². The number of nitriles is 1. The van der Waals surface area contributed by atoms with Crippen LogP contribution in [0.15, 0.2) is 5.10 Å². The molecule has 0 saturated heterocycles. The van der Waals surface area contributed by atoms with Gasteiger partial charge in [-0.15, -0.1) is 0 Å². The quantitative estimate of drug-likeness (QED) is 0.654. The zero-order chi connectivity index (χ0) is 9.10. The average Bonchev–Trinajstić information content (AvgIpc) is 2.99. The van der Waals surface area contributed by atoms with E-state index in [1.54, 1.807) is 0 Å². The Bertz CT molecular complexity index is 247. The second-order valence-electron chi connectivity index (χ2n) is 4.00. The minimum absolute atomic E-state index is 0.216. The molecular formula is C10H15N3. The summed E-state index contributed by atoms with van der Waals surface area (Å²) in [6, 6.07) is 2.96. The molecule has 3 nitrogen and oxygen atoms in total. The highest BCUT2D eigenvalue weighted by molar-refractivity contribution is 5.85. The largest absolute Gasteiger partial charge is 0.307 e. The molecule has 0 aromatic heterocycles. The molecule has 2 aliphatic rings. The summed E-state index contributed by atoms with van der Waals surface area (Å²) >= 11 is 0. The minimum atomic E-state index is 0.216. The lowest BCUT2D eigenvalue weighted by molar-refractivity contribution is 0.552. The van der Waals surface area contributed by atoms with Crippen LogP contribution in [0.4, 0.5) is 0 Å². The van der Waals surface area contributed by atoms with E-state index < -0.39 is 0 Å². The highest BCUT2D eigenvalue weighted by atomic mass is 15.3. The average molecular weight is 177 g/mol. The standard InChI is InChI=1S/C10H15N3/c11-7-8-2-1-3-10(6-8)13-12-9-4-5-9/h8-9,12H,1-6H2/b13-10-. The van der Waals surface area contributed by atoms with E-state index in [9.17, 15) is 0 Å². The molecule has 3 heteroatoms. The van der Waals surface area contributed by atoms with Crippen LogP contribution < -0.4 is 5.43 Å². The molecule has 0 aromatic rings. The summed E-state index contributed by atoms with van der Waals surface area (Å²) in [6.07, 6.45) is 6.67. The Morgan fingerprint density at radius 1 is 1.38 bits per heavy atom. The first-order valence-electron chi connectivity index (χ1n) is 5.09. The van der Waals surface area contributed by atoms with Gasteiger partial charge in [0.2, 0.25) is 0 Å². The third kappa shape index (κ3) is 2.45. The molecule has 1 atom stereocenters. The Labute approximate surface area is 78.8 Å². The van der Waals surface area contributed by atoms with Gasteiger partial charge in [-0.1, -0.05) is 0 Å². The molecule has 1 unspecified atom stereocenters. The van der Waals surface area contributed by atoms with E-state index in [1.165, 1.54) is 18.6 Å². The third-order valence-corrected chi connectivity index (χ3v) is 2.67. The van der Waals surface area contributed by atoms with Crippen LogP contribution in [-0.2, 0) is 0 Å². The number of hydrogen-bond acceptors (Lipinski definition) is 3. The smallest absolute Gasteiger partial charge is 0.0659 e. The molecule has 2 rings (SSSR count). The van der Waals surface area contributed by atoms with E-state index in [0.717, 1.165) is 25.7 Å². The predicted octanol–water partition coefficient (Wildman–Crippen LogP) is 1.81. The molecule has 70 valence electrons. The van der Waals surface area contributed by atoms with Crippen LogP contribution in [0.2, 0.25) is 0 Å². The first-order chi connectivity index (χ1) is 6.38. The van der Waals surface area contributed by atoms with Gasteiger partial charge >= 0.3 is 0 Å². The maximum atomic E-state index is 8.77. The van der Waals surface area contributed by atoms with Crippen LogP contribution in [0.5, 0.6) is 0 Å². The first-order valence-corrected chi connectivity index (χ1v) is 5.09. The lowest BCUT2D eigenvalue weighted by Gasteiger charge is -2.17. The number of hydrazone groups is 1. The summed E-state index contributed by atoms with van der Waals surface area (Å²) in [6.45, 7) is 0. The van der Waals surface area contributed by atoms with Crippen LogP contribution >= 0.6 is 0 Å². The molecule has 0 amide bonds. The molecule has 0 bridgehead atoms. The highest BCUT2D eigenvalue weighted by Gasteiger charge is 2.22. The van der Waals surface area contributed by atoms with Gasteiger partial charge in [-0.05, 0) is 32.1 Å². The van der Waals surface area contributed by atoms with Gasteiger partial charge in [0, 0.05) is 18.2 Å². The van der Waals surface area contributed by atoms with Crippen LogP contribution in [0, 0.1) is 17.2 Å². The van der Waals surface area contributed by atoms with E-state index in [4.69, 9.17) is 5.26 Å². The Morgan fingerprint density at radius 2 is 2.23 bits per heavy atom. The molecule has 0 heterocycles. The fraction of sp³-hybridized carbons (Fsp3) is 0.800. The topological polar surface area (TPSA) is 48.2 Å². The van der Waals surface area contributed by atoms with Crippen molar-refractivity contribution in [3.05, 3.63) is 0 Å². The van der Waals surface area contributed by atoms with E-state index in [-0.39, 0.29) is 5.92 Å². The molecule has 0 spiro atoms. The maximum absolute atomic E-state index is 8.77. The Hall–Kier alpha value is -1.04. The van der Waals surface area contributed by atoms with Crippen molar-refractivity contribution in [2.45, 2.75) is 44.6 Å². The second-order valence-corrected chi connectivity index (χ2v) is 4.00. The van der Waals surface area contributed by atoms with E-state index in [0.29, 0.717) is 6.04 Å². The van der Waals surface area contributed by atoms with Gasteiger partial charge in [-0.3, -0.25) is 0 Å². The van der Waals surface area contributed by atoms with Crippen molar-refractivity contribution in [3.8, 4) is 6.07 Å². The van der Waals surface area contributed by atoms with E-state index in [1.807, 2.05) is 0 Å². The van der Waals surface area contributed by atoms with Crippen LogP contribution in [0.1, 0.15) is 38.5 Å². The molecule has 0 aliphatic heterocycles. The van der Waals surface area contributed by atoms with Crippen LogP contribution in [0.3, 0.4) is 0 Å². The monoisotopic (exact) mass is 177 g/mol. The number of nitrogens with zero attached hydrogens (tertiary/aromatic N) is 2. The second kappa shape index (κ2) is 3.78. The van der Waals surface area contributed by atoms with E-state index >= 15 is 0 Å². The maximum Gasteiger partial charge on any atom is 0.0659 e. The van der Waals surface area contributed by atoms with Crippen LogP contribution in [-0.4, -0.2) is 11.8 Å². The SMILES string of the molecule is N#CC1CCC/C(=N/NC2CC2)C1. The third-order valence-electron chi connectivity index (χ3n) is 2.67. The number of hydrogen-bond donors (Lipinski definition) is 1. The summed E-state index contributed by atoms with van der Waals surface area (Å²) in [5.41, 5.74) is 4.35. The summed E-state index contributed by atoms with van der Waals surface area (Å²) < 4.78 is 0. The van der Waals surface area contributed by atoms with Crippen molar-refractivity contribution in [2.24, 2.45) is 11.0 Å². The summed E-state index contributed by atoms with van der Waals surface area (Å²) in [5, 5.41) is 13.1. The Balaban J connectivity index is 1.83. The zero-order valence-electron chi connectivity index (χ0n) is 7.79. The van der Waals surface area contributed by atoms with Gasteiger partial charge in [0.05, 0.1) is 12.0 Å².